The number of aliphatic hydroxyl groups is 2. The third-order valence-electron chi connectivity index (χ3n) is 5.80. The van der Waals surface area contributed by atoms with Gasteiger partial charge in [0.1, 0.15) is 18.1 Å². The van der Waals surface area contributed by atoms with E-state index in [1.165, 1.54) is 23.6 Å². The van der Waals surface area contributed by atoms with Crippen molar-refractivity contribution in [3.8, 4) is 0 Å². The Morgan fingerprint density at radius 2 is 1.39 bits per heavy atom. The number of carboxylic acids is 1. The van der Waals surface area contributed by atoms with E-state index in [0.717, 1.165) is 6.92 Å². The molecule has 2 heterocycles. The summed E-state index contributed by atoms with van der Waals surface area (Å²) in [5.74, 6) is -6.94. The lowest BCUT2D eigenvalue weighted by atomic mass is 10.1. The van der Waals surface area contributed by atoms with Gasteiger partial charge in [0.05, 0.1) is 6.04 Å². The fraction of sp³-hybridized carbons (Fsp3) is 0.737. The maximum absolute atomic E-state index is 12.9. The van der Waals surface area contributed by atoms with Crippen molar-refractivity contribution in [2.45, 2.75) is 76.4 Å². The highest BCUT2D eigenvalue weighted by atomic mass is 16.5. The lowest BCUT2D eigenvalue weighted by Crippen LogP contribution is -2.60. The Labute approximate surface area is 179 Å². The molecule has 0 radical (unpaired) electrons. The molecule has 4 amide bonds. The maximum Gasteiger partial charge on any atom is 0.366 e. The van der Waals surface area contributed by atoms with Crippen molar-refractivity contribution in [3.63, 3.8) is 0 Å². The van der Waals surface area contributed by atoms with Gasteiger partial charge in [0, 0.05) is 20.0 Å². The number of carboxylic acid groups (broad SMARTS) is 1. The number of hydrogen-bond acceptors (Lipinski definition) is 7. The number of nitrogens with zero attached hydrogens (tertiary/aromatic N) is 2. The molecule has 5 N–H and O–H groups in total. The largest absolute Gasteiger partial charge is 0.477 e. The molecule has 0 aromatic heterocycles. The van der Waals surface area contributed by atoms with Gasteiger partial charge in [0.15, 0.2) is 0 Å². The van der Waals surface area contributed by atoms with E-state index in [2.05, 4.69) is 10.6 Å². The molecule has 2 rings (SSSR count). The normalized spacial score (nSPS) is 23.3. The number of nitrogens with one attached hydrogen (secondary N) is 2. The molecule has 0 aliphatic carbocycles. The molecule has 2 aliphatic heterocycles. The van der Waals surface area contributed by atoms with Gasteiger partial charge in [-0.3, -0.25) is 19.2 Å². The minimum atomic E-state index is -3.16. The Kier molecular flexibility index (Phi) is 7.60. The first-order chi connectivity index (χ1) is 14.4. The van der Waals surface area contributed by atoms with Crippen molar-refractivity contribution in [3.05, 3.63) is 0 Å². The standard InChI is InChI=1S/C19H30N4O8/c1-10(20-15(25)13-6-4-8-22(13)12(3)24)17(27)23-9-5-7-14(23)16(26)21-11(2)19(30,31)18(28)29/h10-11,13-14,30-31H,4-9H2,1-3H3,(H,20,25)(H,21,26)(H,28,29). The number of likely N-dealkylation sites (tertiary alicyclic amines) is 2. The second-order valence-electron chi connectivity index (χ2n) is 8.05. The predicted octanol–water partition coefficient (Wildman–Crippen LogP) is -2.24. The van der Waals surface area contributed by atoms with E-state index in [1.54, 1.807) is 0 Å². The van der Waals surface area contributed by atoms with E-state index in [4.69, 9.17) is 5.11 Å². The summed E-state index contributed by atoms with van der Waals surface area (Å²) >= 11 is 0. The second-order valence-corrected chi connectivity index (χ2v) is 8.05. The molecule has 0 saturated carbocycles. The summed E-state index contributed by atoms with van der Waals surface area (Å²) in [6, 6.07) is -4.03. The minimum absolute atomic E-state index is 0.216. The van der Waals surface area contributed by atoms with Crippen LogP contribution in [0.1, 0.15) is 46.5 Å². The number of rotatable bonds is 7. The van der Waals surface area contributed by atoms with Gasteiger partial charge in [-0.25, -0.2) is 4.79 Å². The molecule has 0 aromatic rings. The molecular weight excluding hydrogens is 412 g/mol. The van der Waals surface area contributed by atoms with E-state index >= 15 is 0 Å². The summed E-state index contributed by atoms with van der Waals surface area (Å²) in [6.45, 7) is 4.73. The highest BCUT2D eigenvalue weighted by Gasteiger charge is 2.43. The molecule has 2 aliphatic rings. The molecule has 0 aromatic carbocycles. The number of carbonyl (C=O) groups excluding carboxylic acids is 4. The molecule has 0 spiro atoms. The zero-order valence-electron chi connectivity index (χ0n) is 17.8. The molecule has 0 bridgehead atoms. The highest BCUT2D eigenvalue weighted by Crippen LogP contribution is 2.21. The van der Waals surface area contributed by atoms with Crippen LogP contribution >= 0.6 is 0 Å². The summed E-state index contributed by atoms with van der Waals surface area (Å²) in [5, 5.41) is 32.8. The first-order valence-electron chi connectivity index (χ1n) is 10.2. The molecule has 12 nitrogen and oxygen atoms in total. The van der Waals surface area contributed by atoms with Gasteiger partial charge in [0.2, 0.25) is 23.6 Å². The summed E-state index contributed by atoms with van der Waals surface area (Å²) in [5.41, 5.74) is 0. The van der Waals surface area contributed by atoms with Crippen LogP contribution in [0.5, 0.6) is 0 Å². The van der Waals surface area contributed by atoms with Gasteiger partial charge >= 0.3 is 5.97 Å². The van der Waals surface area contributed by atoms with Crippen LogP contribution in [0.15, 0.2) is 0 Å². The summed E-state index contributed by atoms with van der Waals surface area (Å²) in [7, 11) is 0. The minimum Gasteiger partial charge on any atom is -0.477 e. The average molecular weight is 442 g/mol. The van der Waals surface area contributed by atoms with Crippen LogP contribution in [0, 0.1) is 0 Å². The first-order valence-corrected chi connectivity index (χ1v) is 10.2. The molecule has 4 unspecified atom stereocenters. The highest BCUT2D eigenvalue weighted by molar-refractivity contribution is 5.94. The zero-order chi connectivity index (χ0) is 23.5. The molecule has 2 fully saturated rings. The quantitative estimate of drug-likeness (QED) is 0.275. The molecule has 12 heteroatoms. The Morgan fingerprint density at radius 1 is 0.903 bits per heavy atom. The lowest BCUT2D eigenvalue weighted by molar-refractivity contribution is -0.212. The average Bonchev–Trinajstić information content (AvgIpc) is 3.36. The fourth-order valence-electron chi connectivity index (χ4n) is 3.93. The van der Waals surface area contributed by atoms with Crippen LogP contribution in [0.4, 0.5) is 0 Å². The van der Waals surface area contributed by atoms with Crippen LogP contribution in [0.25, 0.3) is 0 Å². The topological polar surface area (TPSA) is 177 Å². The van der Waals surface area contributed by atoms with E-state index in [9.17, 15) is 34.2 Å². The first kappa shape index (κ1) is 24.5. The SMILES string of the molecule is CC(=O)N1CCCC1C(=O)NC(C)C(=O)N1CCCC1C(=O)NC(C)C(O)(O)C(=O)O. The van der Waals surface area contributed by atoms with Gasteiger partial charge in [-0.2, -0.15) is 0 Å². The van der Waals surface area contributed by atoms with Crippen LogP contribution in [0.2, 0.25) is 0 Å². The number of hydrogen-bond donors (Lipinski definition) is 5. The van der Waals surface area contributed by atoms with Gasteiger partial charge < -0.3 is 35.8 Å². The molecule has 4 atom stereocenters. The van der Waals surface area contributed by atoms with Crippen molar-refractivity contribution in [2.75, 3.05) is 13.1 Å². The number of amides is 4. The summed E-state index contributed by atoms with van der Waals surface area (Å²) < 4.78 is 0. The summed E-state index contributed by atoms with van der Waals surface area (Å²) in [6.07, 6.45) is 2.03. The molecule has 174 valence electrons. The van der Waals surface area contributed by atoms with E-state index in [0.29, 0.717) is 32.2 Å². The zero-order valence-corrected chi connectivity index (χ0v) is 17.8. The molecular formula is C19H30N4O8. The van der Waals surface area contributed by atoms with E-state index < -0.39 is 53.6 Å². The van der Waals surface area contributed by atoms with Gasteiger partial charge in [-0.15, -0.1) is 0 Å². The number of aliphatic carboxylic acids is 1. The number of carbonyl (C=O) groups is 5. The second kappa shape index (κ2) is 9.60. The maximum atomic E-state index is 12.9. The van der Waals surface area contributed by atoms with Crippen LogP contribution < -0.4 is 10.6 Å². The predicted molar refractivity (Wildman–Crippen MR) is 105 cm³/mol. The Morgan fingerprint density at radius 3 is 1.90 bits per heavy atom. The Bertz CT molecular complexity index is 755. The smallest absolute Gasteiger partial charge is 0.366 e. The monoisotopic (exact) mass is 442 g/mol. The van der Waals surface area contributed by atoms with Crippen LogP contribution in [-0.2, 0) is 24.0 Å². The van der Waals surface area contributed by atoms with E-state index in [1.807, 2.05) is 0 Å². The third-order valence-corrected chi connectivity index (χ3v) is 5.80. The molecule has 31 heavy (non-hydrogen) atoms. The van der Waals surface area contributed by atoms with Crippen molar-refractivity contribution >= 4 is 29.6 Å². The lowest BCUT2D eigenvalue weighted by Gasteiger charge is -2.31. The van der Waals surface area contributed by atoms with Gasteiger partial charge in [0.25, 0.3) is 5.79 Å². The van der Waals surface area contributed by atoms with Crippen molar-refractivity contribution in [1.82, 2.24) is 20.4 Å². The molecule has 2 saturated heterocycles. The Balaban J connectivity index is 2.00. The third kappa shape index (κ3) is 5.31. The summed E-state index contributed by atoms with van der Waals surface area (Å²) in [4.78, 5) is 63.3. The van der Waals surface area contributed by atoms with Crippen molar-refractivity contribution in [1.29, 1.82) is 0 Å². The Hall–Kier alpha value is -2.73. The van der Waals surface area contributed by atoms with Gasteiger partial charge in [-0.05, 0) is 39.5 Å². The van der Waals surface area contributed by atoms with Crippen LogP contribution in [0.3, 0.4) is 0 Å². The fourth-order valence-corrected chi connectivity index (χ4v) is 3.93. The van der Waals surface area contributed by atoms with E-state index in [-0.39, 0.29) is 12.5 Å². The van der Waals surface area contributed by atoms with Crippen molar-refractivity contribution < 1.29 is 39.3 Å². The van der Waals surface area contributed by atoms with Crippen molar-refractivity contribution in [2.24, 2.45) is 0 Å². The van der Waals surface area contributed by atoms with Gasteiger partial charge in [-0.1, -0.05) is 0 Å². The van der Waals surface area contributed by atoms with Crippen LogP contribution in [-0.4, -0.2) is 97.8 Å².